The van der Waals surface area contributed by atoms with Crippen molar-refractivity contribution in [2.45, 2.75) is 44.6 Å². The first-order valence-electron chi connectivity index (χ1n) is 10.2. The first-order valence-corrected chi connectivity index (χ1v) is 10.2. The number of anilines is 1. The fraction of sp³-hybridized carbons (Fsp3) is 0.435. The normalized spacial score (nSPS) is 21.9. The van der Waals surface area contributed by atoms with Gasteiger partial charge in [-0.3, -0.25) is 14.6 Å². The molecule has 1 aromatic carbocycles. The van der Waals surface area contributed by atoms with Crippen LogP contribution in [0.5, 0.6) is 0 Å². The van der Waals surface area contributed by atoms with Gasteiger partial charge >= 0.3 is 0 Å². The van der Waals surface area contributed by atoms with E-state index in [0.717, 1.165) is 24.9 Å². The maximum atomic E-state index is 13.1. The lowest BCUT2D eigenvalue weighted by atomic mass is 9.79. The van der Waals surface area contributed by atoms with Gasteiger partial charge in [-0.1, -0.05) is 30.3 Å². The van der Waals surface area contributed by atoms with E-state index in [1.54, 1.807) is 24.5 Å². The number of carbonyl (C=O) groups is 2. The zero-order valence-corrected chi connectivity index (χ0v) is 16.1. The molecular weight excluding hydrogens is 350 g/mol. The van der Waals surface area contributed by atoms with Crippen LogP contribution in [0.25, 0.3) is 0 Å². The van der Waals surface area contributed by atoms with E-state index < -0.39 is 0 Å². The van der Waals surface area contributed by atoms with Gasteiger partial charge in [-0.05, 0) is 55.7 Å². The molecule has 0 radical (unpaired) electrons. The Kier molecular flexibility index (Phi) is 5.70. The molecule has 5 rings (SSSR count). The number of piperidine rings is 2. The highest BCUT2D eigenvalue weighted by Gasteiger charge is 2.37. The van der Waals surface area contributed by atoms with Crippen LogP contribution in [0.1, 0.15) is 37.7 Å². The minimum Gasteiger partial charge on any atom is -0.339 e. The van der Waals surface area contributed by atoms with Crippen molar-refractivity contribution in [1.82, 2.24) is 9.88 Å². The van der Waals surface area contributed by atoms with E-state index in [0.29, 0.717) is 24.1 Å². The molecule has 2 aliphatic heterocycles. The highest BCUT2D eigenvalue weighted by Crippen LogP contribution is 2.35. The predicted octanol–water partition coefficient (Wildman–Crippen LogP) is 3.67. The number of amides is 2. The molecule has 2 aromatic rings. The Hall–Kier alpha value is -2.69. The van der Waals surface area contributed by atoms with Gasteiger partial charge in [-0.15, -0.1) is 0 Å². The van der Waals surface area contributed by atoms with Crippen molar-refractivity contribution >= 4 is 17.5 Å². The third-order valence-electron chi connectivity index (χ3n) is 6.10. The Morgan fingerprint density at radius 3 is 2.39 bits per heavy atom. The predicted molar refractivity (Wildman–Crippen MR) is 109 cm³/mol. The molecule has 1 aromatic heterocycles. The molecule has 1 saturated carbocycles. The minimum absolute atomic E-state index is 0.106. The van der Waals surface area contributed by atoms with Crippen molar-refractivity contribution < 1.29 is 9.59 Å². The number of pyridine rings is 1. The lowest BCUT2D eigenvalue weighted by molar-refractivity contribution is -0.141. The van der Waals surface area contributed by atoms with E-state index in [1.807, 2.05) is 30.3 Å². The van der Waals surface area contributed by atoms with Gasteiger partial charge in [-0.25, -0.2) is 0 Å². The summed E-state index contributed by atoms with van der Waals surface area (Å²) >= 11 is 0. The number of nitrogens with one attached hydrogen (secondary N) is 1. The molecule has 1 N–H and O–H groups in total. The van der Waals surface area contributed by atoms with Gasteiger partial charge in [0, 0.05) is 37.1 Å². The molecule has 5 heteroatoms. The molecule has 2 saturated heterocycles. The fourth-order valence-corrected chi connectivity index (χ4v) is 4.54. The zero-order valence-electron chi connectivity index (χ0n) is 16.1. The second-order valence-corrected chi connectivity index (χ2v) is 8.04. The number of benzene rings is 1. The highest BCUT2D eigenvalue weighted by molar-refractivity contribution is 5.95. The standard InChI is InChI=1S/C23H27N3O2/c27-22(26-16-18-6-8-21(26)9-7-18)15-19(14-17-4-2-1-3-5-17)23(28)25-20-10-12-24-13-11-20/h1-5,10-13,18-19,21H,6-9,14-16H2,(H,24,25,28)/t18?,19-,21?/m0/s1. The number of hydrogen-bond acceptors (Lipinski definition) is 3. The van der Waals surface area contributed by atoms with Crippen molar-refractivity contribution in [3.63, 3.8) is 0 Å². The van der Waals surface area contributed by atoms with E-state index in [2.05, 4.69) is 15.2 Å². The molecule has 5 nitrogen and oxygen atoms in total. The number of aromatic nitrogens is 1. The van der Waals surface area contributed by atoms with Crippen molar-refractivity contribution in [2.75, 3.05) is 11.9 Å². The summed E-state index contributed by atoms with van der Waals surface area (Å²) in [5.74, 6) is 0.279. The highest BCUT2D eigenvalue weighted by atomic mass is 16.2. The van der Waals surface area contributed by atoms with E-state index >= 15 is 0 Å². The first kappa shape index (κ1) is 18.7. The topological polar surface area (TPSA) is 62.3 Å². The SMILES string of the molecule is O=C(Nc1ccncc1)[C@H](CC(=O)N1CC2CCC1CC2)Cc1ccccc1. The molecule has 2 bridgehead atoms. The zero-order chi connectivity index (χ0) is 19.3. The summed E-state index contributed by atoms with van der Waals surface area (Å²) in [5, 5.41) is 2.95. The van der Waals surface area contributed by atoms with Gasteiger partial charge in [0.2, 0.25) is 11.8 Å². The summed E-state index contributed by atoms with van der Waals surface area (Å²) in [6, 6.07) is 13.8. The maximum absolute atomic E-state index is 13.1. The fourth-order valence-electron chi connectivity index (χ4n) is 4.54. The van der Waals surface area contributed by atoms with Gasteiger partial charge in [0.15, 0.2) is 0 Å². The lowest BCUT2D eigenvalue weighted by Crippen LogP contribution is -2.51. The van der Waals surface area contributed by atoms with E-state index in [9.17, 15) is 9.59 Å². The Labute approximate surface area is 166 Å². The van der Waals surface area contributed by atoms with Crippen LogP contribution < -0.4 is 5.32 Å². The third kappa shape index (κ3) is 4.41. The van der Waals surface area contributed by atoms with E-state index in [1.165, 1.54) is 12.8 Å². The van der Waals surface area contributed by atoms with Gasteiger partial charge in [-0.2, -0.15) is 0 Å². The van der Waals surface area contributed by atoms with Crippen LogP contribution in [0.2, 0.25) is 0 Å². The number of rotatable bonds is 6. The van der Waals surface area contributed by atoms with Crippen molar-refractivity contribution in [2.24, 2.45) is 11.8 Å². The van der Waals surface area contributed by atoms with Gasteiger partial charge in [0.25, 0.3) is 0 Å². The number of fused-ring (bicyclic) bond motifs is 3. The molecule has 0 unspecified atom stereocenters. The van der Waals surface area contributed by atoms with Crippen LogP contribution in [-0.4, -0.2) is 34.3 Å². The largest absolute Gasteiger partial charge is 0.339 e. The molecule has 146 valence electrons. The van der Waals surface area contributed by atoms with Crippen LogP contribution in [-0.2, 0) is 16.0 Å². The quantitative estimate of drug-likeness (QED) is 0.835. The summed E-state index contributed by atoms with van der Waals surface area (Å²) in [6.45, 7) is 0.869. The summed E-state index contributed by atoms with van der Waals surface area (Å²) in [5.41, 5.74) is 1.79. The summed E-state index contributed by atoms with van der Waals surface area (Å²) in [7, 11) is 0. The van der Waals surface area contributed by atoms with Gasteiger partial charge < -0.3 is 10.2 Å². The average Bonchev–Trinajstić information content (AvgIpc) is 2.75. The first-order chi connectivity index (χ1) is 13.7. The van der Waals surface area contributed by atoms with Crippen molar-refractivity contribution in [3.8, 4) is 0 Å². The minimum atomic E-state index is -0.386. The second-order valence-electron chi connectivity index (χ2n) is 8.04. The summed E-state index contributed by atoms with van der Waals surface area (Å²) < 4.78 is 0. The second kappa shape index (κ2) is 8.55. The smallest absolute Gasteiger partial charge is 0.228 e. The van der Waals surface area contributed by atoms with Crippen molar-refractivity contribution in [3.05, 3.63) is 60.4 Å². The molecule has 3 fully saturated rings. The molecular formula is C23H27N3O2. The van der Waals surface area contributed by atoms with Crippen LogP contribution in [0.4, 0.5) is 5.69 Å². The summed E-state index contributed by atoms with van der Waals surface area (Å²) in [4.78, 5) is 32.1. The lowest BCUT2D eigenvalue weighted by Gasteiger charge is -2.45. The molecule has 28 heavy (non-hydrogen) atoms. The van der Waals surface area contributed by atoms with Crippen molar-refractivity contribution in [1.29, 1.82) is 0 Å². The Bertz CT molecular complexity index is 801. The Morgan fingerprint density at radius 1 is 1.04 bits per heavy atom. The van der Waals surface area contributed by atoms with Gasteiger partial charge in [0.05, 0.1) is 5.92 Å². The maximum Gasteiger partial charge on any atom is 0.228 e. The van der Waals surface area contributed by atoms with E-state index in [-0.39, 0.29) is 24.2 Å². The van der Waals surface area contributed by atoms with Crippen LogP contribution in [0.3, 0.4) is 0 Å². The molecule has 2 amide bonds. The number of hydrogen-bond donors (Lipinski definition) is 1. The molecule has 1 atom stereocenters. The molecule has 3 aliphatic rings. The van der Waals surface area contributed by atoms with Crippen LogP contribution >= 0.6 is 0 Å². The number of carbonyl (C=O) groups excluding carboxylic acids is 2. The molecule has 1 aliphatic carbocycles. The van der Waals surface area contributed by atoms with E-state index in [4.69, 9.17) is 0 Å². The molecule has 0 spiro atoms. The molecule has 3 heterocycles. The Balaban J connectivity index is 1.47. The van der Waals surface area contributed by atoms with Crippen LogP contribution in [0, 0.1) is 11.8 Å². The third-order valence-corrected chi connectivity index (χ3v) is 6.10. The Morgan fingerprint density at radius 2 is 1.75 bits per heavy atom. The summed E-state index contributed by atoms with van der Waals surface area (Å²) in [6.07, 6.45) is 8.83. The van der Waals surface area contributed by atoms with Gasteiger partial charge in [0.1, 0.15) is 0 Å². The van der Waals surface area contributed by atoms with Crippen LogP contribution in [0.15, 0.2) is 54.9 Å². The monoisotopic (exact) mass is 377 g/mol. The average molecular weight is 377 g/mol. The number of nitrogens with zero attached hydrogens (tertiary/aromatic N) is 2.